The zero-order valence-electron chi connectivity index (χ0n) is 14.3. The zero-order chi connectivity index (χ0) is 19.8. The third-order valence-corrected chi connectivity index (χ3v) is 7.01. The molecule has 0 spiro atoms. The third-order valence-electron chi connectivity index (χ3n) is 4.74. The molecule has 3 rings (SSSR count). The van der Waals surface area contributed by atoms with Crippen molar-refractivity contribution in [1.29, 1.82) is 0 Å². The second-order valence-corrected chi connectivity index (χ2v) is 8.63. The molecule has 2 atom stereocenters. The van der Waals surface area contributed by atoms with Crippen molar-refractivity contribution in [1.82, 2.24) is 4.98 Å². The first-order valence-electron chi connectivity index (χ1n) is 8.22. The Balaban J connectivity index is 2.08. The van der Waals surface area contributed by atoms with Crippen LogP contribution in [0.2, 0.25) is 0 Å². The van der Waals surface area contributed by atoms with E-state index < -0.39 is 37.5 Å². The number of hydrogen-bond acceptors (Lipinski definition) is 4. The van der Waals surface area contributed by atoms with Crippen molar-refractivity contribution in [2.24, 2.45) is 0 Å². The first-order chi connectivity index (χ1) is 12.6. The summed E-state index contributed by atoms with van der Waals surface area (Å²) in [6.07, 6.45) is -2.13. The molecule has 1 heterocycles. The van der Waals surface area contributed by atoms with Gasteiger partial charge in [-0.2, -0.15) is 13.2 Å². The van der Waals surface area contributed by atoms with E-state index >= 15 is 0 Å². The lowest BCUT2D eigenvalue weighted by Gasteiger charge is -2.18. The molecule has 4 nitrogen and oxygen atoms in total. The van der Waals surface area contributed by atoms with Gasteiger partial charge >= 0.3 is 6.18 Å². The van der Waals surface area contributed by atoms with Crippen molar-refractivity contribution < 1.29 is 30.7 Å². The van der Waals surface area contributed by atoms with Crippen molar-refractivity contribution >= 4 is 9.84 Å². The van der Waals surface area contributed by atoms with E-state index in [-0.39, 0.29) is 30.1 Å². The van der Waals surface area contributed by atoms with E-state index in [1.54, 1.807) is 0 Å². The topological polar surface area (TPSA) is 56.3 Å². The van der Waals surface area contributed by atoms with Crippen LogP contribution in [0.1, 0.15) is 24.8 Å². The lowest BCUT2D eigenvalue weighted by Crippen LogP contribution is -2.23. The van der Waals surface area contributed by atoms with Gasteiger partial charge in [0.15, 0.2) is 9.84 Å². The molecule has 2 aromatic rings. The van der Waals surface area contributed by atoms with E-state index in [4.69, 9.17) is 4.74 Å². The fourth-order valence-corrected chi connectivity index (χ4v) is 5.34. The second kappa shape index (κ2) is 7.20. The highest BCUT2D eigenvalue weighted by atomic mass is 32.2. The Morgan fingerprint density at radius 1 is 1.11 bits per heavy atom. The quantitative estimate of drug-likeness (QED) is 0.717. The van der Waals surface area contributed by atoms with Crippen LogP contribution in [0.15, 0.2) is 41.6 Å². The Morgan fingerprint density at radius 3 is 2.44 bits per heavy atom. The van der Waals surface area contributed by atoms with Gasteiger partial charge in [0.05, 0.1) is 28.0 Å². The molecule has 1 aromatic carbocycles. The lowest BCUT2D eigenvalue weighted by atomic mass is 10.0. The number of ether oxygens (including phenoxy) is 1. The molecule has 1 aliphatic carbocycles. The van der Waals surface area contributed by atoms with E-state index in [9.17, 15) is 26.0 Å². The summed E-state index contributed by atoms with van der Waals surface area (Å²) in [5.41, 5.74) is -1.09. The van der Waals surface area contributed by atoms with Crippen LogP contribution in [-0.2, 0) is 20.8 Å². The molecule has 27 heavy (non-hydrogen) atoms. The summed E-state index contributed by atoms with van der Waals surface area (Å²) in [5, 5.41) is -0.926. The molecule has 0 saturated heterocycles. The first-order valence-corrected chi connectivity index (χ1v) is 9.76. The minimum absolute atomic E-state index is 0.0365. The first kappa shape index (κ1) is 19.8. The van der Waals surface area contributed by atoms with Gasteiger partial charge in [0, 0.05) is 18.9 Å². The average Bonchev–Trinajstić information content (AvgIpc) is 3.10. The van der Waals surface area contributed by atoms with E-state index in [1.807, 2.05) is 0 Å². The van der Waals surface area contributed by atoms with Crippen LogP contribution in [0.4, 0.5) is 17.6 Å². The molecule has 146 valence electrons. The number of nitrogens with zero attached hydrogens (tertiary/aromatic N) is 1. The van der Waals surface area contributed by atoms with Gasteiger partial charge in [-0.05, 0) is 43.0 Å². The third kappa shape index (κ3) is 3.98. The van der Waals surface area contributed by atoms with Crippen molar-refractivity contribution in [3.63, 3.8) is 0 Å². The monoisotopic (exact) mass is 403 g/mol. The lowest BCUT2D eigenvalue weighted by molar-refractivity contribution is -0.139. The summed E-state index contributed by atoms with van der Waals surface area (Å²) in [4.78, 5) is 2.86. The van der Waals surface area contributed by atoms with Gasteiger partial charge in [0.25, 0.3) is 0 Å². The summed E-state index contributed by atoms with van der Waals surface area (Å²) < 4.78 is 85.0. The van der Waals surface area contributed by atoms with Gasteiger partial charge in [0.1, 0.15) is 5.82 Å². The zero-order valence-corrected chi connectivity index (χ0v) is 15.1. The molecule has 1 aliphatic rings. The number of pyridine rings is 1. The molecule has 0 N–H and O–H groups in total. The van der Waals surface area contributed by atoms with Crippen LogP contribution in [0.25, 0.3) is 11.1 Å². The van der Waals surface area contributed by atoms with E-state index in [0.29, 0.717) is 6.42 Å². The SMILES string of the molecule is COC1CCC(S(=O)(=O)c2ccc(-c3cncc(F)c3)cc2C(F)(F)F)C1. The molecule has 0 radical (unpaired) electrons. The summed E-state index contributed by atoms with van der Waals surface area (Å²) in [7, 11) is -2.75. The molecule has 1 saturated carbocycles. The Hall–Kier alpha value is -2.00. The molecule has 9 heteroatoms. The average molecular weight is 403 g/mol. The highest BCUT2D eigenvalue weighted by Crippen LogP contribution is 2.40. The van der Waals surface area contributed by atoms with Crippen LogP contribution in [0.3, 0.4) is 0 Å². The number of methoxy groups -OCH3 is 1. The Labute approximate surface area is 154 Å². The van der Waals surface area contributed by atoms with Gasteiger partial charge in [0.2, 0.25) is 0 Å². The highest BCUT2D eigenvalue weighted by Gasteiger charge is 2.42. The molecule has 0 aliphatic heterocycles. The largest absolute Gasteiger partial charge is 0.417 e. The maximum absolute atomic E-state index is 13.6. The number of aromatic nitrogens is 1. The Morgan fingerprint density at radius 2 is 1.85 bits per heavy atom. The van der Waals surface area contributed by atoms with Gasteiger partial charge in [-0.25, -0.2) is 12.8 Å². The minimum atomic E-state index is -4.88. The molecular weight excluding hydrogens is 386 g/mol. The van der Waals surface area contributed by atoms with Crippen LogP contribution < -0.4 is 0 Å². The maximum Gasteiger partial charge on any atom is 0.417 e. The predicted molar refractivity (Wildman–Crippen MR) is 90.3 cm³/mol. The molecule has 2 unspecified atom stereocenters. The number of alkyl halides is 3. The van der Waals surface area contributed by atoms with Crippen molar-refractivity contribution in [2.75, 3.05) is 7.11 Å². The molecular formula is C18H17F4NO3S. The summed E-state index contributed by atoms with van der Waals surface area (Å²) >= 11 is 0. The molecule has 0 amide bonds. The number of sulfone groups is 1. The standard InChI is InChI=1S/C18H17F4NO3S/c1-26-14-3-4-15(8-14)27(24,25)17-5-2-11(7-16(17)18(20,21)22)12-6-13(19)10-23-9-12/h2,5-7,9-10,14-15H,3-4,8H2,1H3. The molecule has 1 aromatic heterocycles. The summed E-state index contributed by atoms with van der Waals surface area (Å²) in [6, 6.07) is 3.95. The fourth-order valence-electron chi connectivity index (χ4n) is 3.33. The number of rotatable bonds is 4. The fraction of sp³-hybridized carbons (Fsp3) is 0.389. The van der Waals surface area contributed by atoms with Gasteiger partial charge in [-0.15, -0.1) is 0 Å². The van der Waals surface area contributed by atoms with Crippen molar-refractivity contribution in [2.45, 2.75) is 41.7 Å². The minimum Gasteiger partial charge on any atom is -0.381 e. The normalized spacial score (nSPS) is 20.8. The van der Waals surface area contributed by atoms with Gasteiger partial charge in [-0.1, -0.05) is 6.07 Å². The van der Waals surface area contributed by atoms with Gasteiger partial charge in [-0.3, -0.25) is 4.98 Å². The van der Waals surface area contributed by atoms with Crippen LogP contribution in [0.5, 0.6) is 0 Å². The predicted octanol–water partition coefficient (Wildman–Crippen LogP) is 4.25. The van der Waals surface area contributed by atoms with E-state index in [1.165, 1.54) is 19.4 Å². The second-order valence-electron chi connectivity index (χ2n) is 6.44. The van der Waals surface area contributed by atoms with Crippen LogP contribution in [-0.4, -0.2) is 31.9 Å². The highest BCUT2D eigenvalue weighted by molar-refractivity contribution is 7.92. The van der Waals surface area contributed by atoms with Crippen molar-refractivity contribution in [3.05, 3.63) is 48.0 Å². The summed E-state index contributed by atoms with van der Waals surface area (Å²) in [5.74, 6) is -0.700. The van der Waals surface area contributed by atoms with E-state index in [2.05, 4.69) is 4.98 Å². The van der Waals surface area contributed by atoms with Crippen LogP contribution in [0, 0.1) is 5.82 Å². The maximum atomic E-state index is 13.6. The molecule has 0 bridgehead atoms. The number of hydrogen-bond donors (Lipinski definition) is 0. The van der Waals surface area contributed by atoms with Gasteiger partial charge < -0.3 is 4.74 Å². The molecule has 1 fully saturated rings. The number of benzene rings is 1. The van der Waals surface area contributed by atoms with Crippen LogP contribution >= 0.6 is 0 Å². The Bertz CT molecular complexity index is 944. The summed E-state index contributed by atoms with van der Waals surface area (Å²) in [6.45, 7) is 0. The smallest absolute Gasteiger partial charge is 0.381 e. The van der Waals surface area contributed by atoms with E-state index in [0.717, 1.165) is 24.4 Å². The van der Waals surface area contributed by atoms with Crippen molar-refractivity contribution in [3.8, 4) is 11.1 Å². The Kier molecular flexibility index (Phi) is 5.27. The number of halogens is 4.